The molecule has 3 nitrogen and oxygen atoms in total. The van der Waals surface area contributed by atoms with Crippen molar-refractivity contribution in [3.05, 3.63) is 59.4 Å². The SMILES string of the molecule is Cc1cccnc1COc1ccc(C#N)cc1. The van der Waals surface area contributed by atoms with Gasteiger partial charge in [-0.3, -0.25) is 4.98 Å². The van der Waals surface area contributed by atoms with Crippen molar-refractivity contribution >= 4 is 0 Å². The summed E-state index contributed by atoms with van der Waals surface area (Å²) in [6.45, 7) is 2.45. The summed E-state index contributed by atoms with van der Waals surface area (Å²) in [5.74, 6) is 0.744. The van der Waals surface area contributed by atoms with E-state index >= 15 is 0 Å². The summed E-state index contributed by atoms with van der Waals surface area (Å²) in [5, 5.41) is 8.67. The van der Waals surface area contributed by atoms with E-state index in [1.807, 2.05) is 19.1 Å². The molecule has 0 aliphatic heterocycles. The first-order valence-corrected chi connectivity index (χ1v) is 5.33. The maximum atomic E-state index is 8.67. The number of nitriles is 1. The largest absolute Gasteiger partial charge is 0.487 e. The Morgan fingerprint density at radius 2 is 2.00 bits per heavy atom. The third-order valence-electron chi connectivity index (χ3n) is 2.48. The lowest BCUT2D eigenvalue weighted by Crippen LogP contribution is -2.00. The summed E-state index contributed by atoms with van der Waals surface area (Å²) in [4.78, 5) is 4.25. The molecule has 3 heteroatoms. The zero-order valence-electron chi connectivity index (χ0n) is 9.55. The third-order valence-corrected chi connectivity index (χ3v) is 2.48. The molecule has 0 atom stereocenters. The molecule has 0 amide bonds. The molecule has 2 aromatic rings. The van der Waals surface area contributed by atoms with E-state index in [1.54, 1.807) is 30.5 Å². The number of nitrogens with zero attached hydrogens (tertiary/aromatic N) is 2. The first-order chi connectivity index (χ1) is 8.29. The predicted octanol–water partition coefficient (Wildman–Crippen LogP) is 2.84. The second-order valence-corrected chi connectivity index (χ2v) is 3.69. The van der Waals surface area contributed by atoms with Gasteiger partial charge in [-0.2, -0.15) is 5.26 Å². The van der Waals surface area contributed by atoms with Gasteiger partial charge in [-0.1, -0.05) is 6.07 Å². The molecule has 0 aliphatic carbocycles. The van der Waals surface area contributed by atoms with Gasteiger partial charge in [-0.05, 0) is 42.8 Å². The van der Waals surface area contributed by atoms with E-state index in [0.29, 0.717) is 12.2 Å². The van der Waals surface area contributed by atoms with Gasteiger partial charge in [0.1, 0.15) is 12.4 Å². The molecular weight excluding hydrogens is 212 g/mol. The Hall–Kier alpha value is -2.34. The summed E-state index contributed by atoms with van der Waals surface area (Å²) in [6, 6.07) is 13.0. The molecule has 0 N–H and O–H groups in total. The highest BCUT2D eigenvalue weighted by Crippen LogP contribution is 2.14. The average molecular weight is 224 g/mol. The summed E-state index contributed by atoms with van der Waals surface area (Å²) < 4.78 is 5.60. The van der Waals surface area contributed by atoms with E-state index < -0.39 is 0 Å². The highest BCUT2D eigenvalue weighted by atomic mass is 16.5. The van der Waals surface area contributed by atoms with Crippen LogP contribution in [0, 0.1) is 18.3 Å². The first-order valence-electron chi connectivity index (χ1n) is 5.33. The van der Waals surface area contributed by atoms with Crippen LogP contribution < -0.4 is 4.74 Å². The molecule has 0 unspecified atom stereocenters. The van der Waals surface area contributed by atoms with Crippen LogP contribution in [-0.4, -0.2) is 4.98 Å². The van der Waals surface area contributed by atoms with Gasteiger partial charge in [0.15, 0.2) is 0 Å². The Balaban J connectivity index is 2.03. The first kappa shape index (κ1) is 11.2. The van der Waals surface area contributed by atoms with Crippen molar-refractivity contribution in [2.45, 2.75) is 13.5 Å². The fourth-order valence-corrected chi connectivity index (χ4v) is 1.45. The number of aryl methyl sites for hydroxylation is 1. The quantitative estimate of drug-likeness (QED) is 0.805. The van der Waals surface area contributed by atoms with Crippen molar-refractivity contribution in [2.75, 3.05) is 0 Å². The van der Waals surface area contributed by atoms with Crippen molar-refractivity contribution in [1.29, 1.82) is 5.26 Å². The van der Waals surface area contributed by atoms with Gasteiger partial charge >= 0.3 is 0 Å². The monoisotopic (exact) mass is 224 g/mol. The second-order valence-electron chi connectivity index (χ2n) is 3.69. The average Bonchev–Trinajstić information content (AvgIpc) is 2.38. The van der Waals surface area contributed by atoms with Crippen LogP contribution in [0.2, 0.25) is 0 Å². The Labute approximate surface area is 100 Å². The normalized spacial score (nSPS) is 9.65. The molecule has 2 rings (SSSR count). The van der Waals surface area contributed by atoms with Gasteiger partial charge in [0, 0.05) is 6.20 Å². The highest BCUT2D eigenvalue weighted by Gasteiger charge is 2.00. The summed E-state index contributed by atoms with van der Waals surface area (Å²) in [5.41, 5.74) is 2.67. The van der Waals surface area contributed by atoms with Gasteiger partial charge in [0.2, 0.25) is 0 Å². The lowest BCUT2D eigenvalue weighted by Gasteiger charge is -2.07. The van der Waals surface area contributed by atoms with Crippen LogP contribution in [0.1, 0.15) is 16.8 Å². The zero-order chi connectivity index (χ0) is 12.1. The molecule has 1 aromatic heterocycles. The number of rotatable bonds is 3. The minimum atomic E-state index is 0.443. The van der Waals surface area contributed by atoms with Gasteiger partial charge in [-0.15, -0.1) is 0 Å². The van der Waals surface area contributed by atoms with Gasteiger partial charge in [-0.25, -0.2) is 0 Å². The second kappa shape index (κ2) is 5.13. The molecule has 1 aromatic carbocycles. The van der Waals surface area contributed by atoms with E-state index in [4.69, 9.17) is 10.00 Å². The third kappa shape index (κ3) is 2.82. The number of aromatic nitrogens is 1. The van der Waals surface area contributed by atoms with Gasteiger partial charge in [0.05, 0.1) is 17.3 Å². The van der Waals surface area contributed by atoms with Crippen LogP contribution in [0.25, 0.3) is 0 Å². The summed E-state index contributed by atoms with van der Waals surface area (Å²) in [7, 11) is 0. The van der Waals surface area contributed by atoms with Gasteiger partial charge in [0.25, 0.3) is 0 Å². The van der Waals surface area contributed by atoms with Crippen LogP contribution in [0.5, 0.6) is 5.75 Å². The minimum absolute atomic E-state index is 0.443. The molecule has 0 spiro atoms. The lowest BCUT2D eigenvalue weighted by atomic mass is 10.2. The maximum absolute atomic E-state index is 8.67. The Bertz CT molecular complexity index is 541. The summed E-state index contributed by atoms with van der Waals surface area (Å²) >= 11 is 0. The van der Waals surface area contributed by atoms with Crippen molar-refractivity contribution in [3.8, 4) is 11.8 Å². The van der Waals surface area contributed by atoms with E-state index in [-0.39, 0.29) is 0 Å². The number of benzene rings is 1. The molecule has 0 aliphatic rings. The van der Waals surface area contributed by atoms with Crippen molar-refractivity contribution < 1.29 is 4.74 Å². The summed E-state index contributed by atoms with van der Waals surface area (Å²) in [6.07, 6.45) is 1.75. The number of ether oxygens (including phenoxy) is 1. The van der Waals surface area contributed by atoms with Crippen LogP contribution >= 0.6 is 0 Å². The van der Waals surface area contributed by atoms with E-state index in [0.717, 1.165) is 17.0 Å². The van der Waals surface area contributed by atoms with E-state index in [2.05, 4.69) is 11.1 Å². The minimum Gasteiger partial charge on any atom is -0.487 e. The topological polar surface area (TPSA) is 45.9 Å². The molecule has 17 heavy (non-hydrogen) atoms. The Morgan fingerprint density at radius 1 is 1.24 bits per heavy atom. The van der Waals surface area contributed by atoms with Gasteiger partial charge < -0.3 is 4.74 Å². The molecule has 0 saturated heterocycles. The van der Waals surface area contributed by atoms with Crippen molar-refractivity contribution in [2.24, 2.45) is 0 Å². The predicted molar refractivity (Wildman–Crippen MR) is 64.5 cm³/mol. The lowest BCUT2D eigenvalue weighted by molar-refractivity contribution is 0.300. The highest BCUT2D eigenvalue weighted by molar-refractivity contribution is 5.34. The molecule has 84 valence electrons. The van der Waals surface area contributed by atoms with Crippen LogP contribution in [0.15, 0.2) is 42.6 Å². The van der Waals surface area contributed by atoms with Crippen molar-refractivity contribution in [3.63, 3.8) is 0 Å². The number of pyridine rings is 1. The molecule has 0 bridgehead atoms. The molecule has 0 saturated carbocycles. The Kier molecular flexibility index (Phi) is 3.37. The number of hydrogen-bond donors (Lipinski definition) is 0. The van der Waals surface area contributed by atoms with Crippen molar-refractivity contribution in [1.82, 2.24) is 4.98 Å². The van der Waals surface area contributed by atoms with Crippen LogP contribution in [0.3, 0.4) is 0 Å². The molecule has 0 radical (unpaired) electrons. The maximum Gasteiger partial charge on any atom is 0.130 e. The molecular formula is C14H12N2O. The fraction of sp³-hybridized carbons (Fsp3) is 0.143. The van der Waals surface area contributed by atoms with E-state index in [9.17, 15) is 0 Å². The fourth-order valence-electron chi connectivity index (χ4n) is 1.45. The molecule has 1 heterocycles. The molecule has 0 fully saturated rings. The van der Waals surface area contributed by atoms with E-state index in [1.165, 1.54) is 0 Å². The standard InChI is InChI=1S/C14H12N2O/c1-11-3-2-8-16-14(11)10-17-13-6-4-12(9-15)5-7-13/h2-8H,10H2,1H3. The zero-order valence-corrected chi connectivity index (χ0v) is 9.55. The number of hydrogen-bond acceptors (Lipinski definition) is 3. The smallest absolute Gasteiger partial charge is 0.130 e. The van der Waals surface area contributed by atoms with Crippen LogP contribution in [-0.2, 0) is 6.61 Å². The van der Waals surface area contributed by atoms with Crippen LogP contribution in [0.4, 0.5) is 0 Å². The Morgan fingerprint density at radius 3 is 2.65 bits per heavy atom.